The standard InChI is InChI=1S/C11H20N2O4/c1-5-6-13(7-8-17-4)11(16)12(3)9(2)10(14)15/h5,9H,1,6-8H2,2-4H3,(H,14,15). The Kier molecular flexibility index (Phi) is 6.97. The van der Waals surface area contributed by atoms with Crippen molar-refractivity contribution >= 4 is 12.0 Å². The second-order valence-electron chi connectivity index (χ2n) is 3.64. The van der Waals surface area contributed by atoms with Gasteiger partial charge in [0.1, 0.15) is 6.04 Å². The van der Waals surface area contributed by atoms with E-state index in [-0.39, 0.29) is 6.03 Å². The average molecular weight is 244 g/mol. The third-order valence-corrected chi connectivity index (χ3v) is 2.43. The largest absolute Gasteiger partial charge is 0.480 e. The number of hydrogen-bond acceptors (Lipinski definition) is 3. The molecule has 1 unspecified atom stereocenters. The molecule has 2 amide bonds. The predicted molar refractivity (Wildman–Crippen MR) is 63.9 cm³/mol. The van der Waals surface area contributed by atoms with Gasteiger partial charge in [0.05, 0.1) is 6.61 Å². The van der Waals surface area contributed by atoms with Crippen LogP contribution in [0.1, 0.15) is 6.92 Å². The van der Waals surface area contributed by atoms with Crippen LogP contribution in [-0.2, 0) is 9.53 Å². The molecule has 0 saturated heterocycles. The number of ether oxygens (including phenoxy) is 1. The minimum Gasteiger partial charge on any atom is -0.480 e. The molecule has 0 aliphatic heterocycles. The zero-order valence-electron chi connectivity index (χ0n) is 10.5. The molecule has 1 N–H and O–H groups in total. The fourth-order valence-corrected chi connectivity index (χ4v) is 1.18. The Bertz CT molecular complexity index is 281. The number of likely N-dealkylation sites (N-methyl/N-ethyl adjacent to an activating group) is 1. The SMILES string of the molecule is C=CCN(CCOC)C(=O)N(C)C(C)C(=O)O. The lowest BCUT2D eigenvalue weighted by atomic mass is 10.3. The summed E-state index contributed by atoms with van der Waals surface area (Å²) >= 11 is 0. The zero-order valence-corrected chi connectivity index (χ0v) is 10.5. The lowest BCUT2D eigenvalue weighted by Gasteiger charge is -2.29. The van der Waals surface area contributed by atoms with Gasteiger partial charge in [-0.05, 0) is 6.92 Å². The summed E-state index contributed by atoms with van der Waals surface area (Å²) in [6, 6.07) is -1.21. The van der Waals surface area contributed by atoms with Crippen molar-refractivity contribution in [3.05, 3.63) is 12.7 Å². The topological polar surface area (TPSA) is 70.1 Å². The molecule has 0 saturated carbocycles. The molecule has 0 bridgehead atoms. The van der Waals surface area contributed by atoms with E-state index in [1.165, 1.54) is 23.8 Å². The number of amides is 2. The molecule has 0 spiro atoms. The summed E-state index contributed by atoms with van der Waals surface area (Å²) in [4.78, 5) is 25.4. The summed E-state index contributed by atoms with van der Waals surface area (Å²) < 4.78 is 4.89. The van der Waals surface area contributed by atoms with Gasteiger partial charge in [0, 0.05) is 27.2 Å². The number of aliphatic carboxylic acids is 1. The average Bonchev–Trinajstić information content (AvgIpc) is 2.31. The quantitative estimate of drug-likeness (QED) is 0.667. The molecule has 1 atom stereocenters. The van der Waals surface area contributed by atoms with Crippen molar-refractivity contribution in [2.75, 3.05) is 33.9 Å². The first-order valence-corrected chi connectivity index (χ1v) is 5.30. The van der Waals surface area contributed by atoms with Gasteiger partial charge in [-0.25, -0.2) is 9.59 Å². The molecular formula is C11H20N2O4. The molecule has 0 radical (unpaired) electrons. The number of carbonyl (C=O) groups is 2. The summed E-state index contributed by atoms with van der Waals surface area (Å²) in [5.74, 6) is -1.04. The van der Waals surface area contributed by atoms with Crippen molar-refractivity contribution in [3.8, 4) is 0 Å². The van der Waals surface area contributed by atoms with E-state index in [1.807, 2.05) is 0 Å². The van der Waals surface area contributed by atoms with Gasteiger partial charge < -0.3 is 19.6 Å². The molecule has 0 aliphatic carbocycles. The van der Waals surface area contributed by atoms with Crippen molar-refractivity contribution in [2.24, 2.45) is 0 Å². The van der Waals surface area contributed by atoms with Crippen molar-refractivity contribution in [1.82, 2.24) is 9.80 Å². The van der Waals surface area contributed by atoms with Gasteiger partial charge in [-0.2, -0.15) is 0 Å². The molecule has 6 nitrogen and oxygen atoms in total. The van der Waals surface area contributed by atoms with Crippen molar-refractivity contribution in [2.45, 2.75) is 13.0 Å². The van der Waals surface area contributed by atoms with Gasteiger partial charge in [-0.1, -0.05) is 6.08 Å². The molecule has 0 aromatic heterocycles. The number of rotatable bonds is 7. The first-order chi connectivity index (χ1) is 7.95. The predicted octanol–water partition coefficient (Wildman–Crippen LogP) is 0.646. The molecule has 98 valence electrons. The van der Waals surface area contributed by atoms with Gasteiger partial charge in [-0.3, -0.25) is 0 Å². The Morgan fingerprint density at radius 1 is 1.53 bits per heavy atom. The third-order valence-electron chi connectivity index (χ3n) is 2.43. The first kappa shape index (κ1) is 15.4. The van der Waals surface area contributed by atoms with Crippen LogP contribution in [0.3, 0.4) is 0 Å². The molecule has 0 aromatic rings. The lowest BCUT2D eigenvalue weighted by Crippen LogP contribution is -2.48. The maximum absolute atomic E-state index is 12.0. The molecule has 0 aliphatic rings. The maximum Gasteiger partial charge on any atom is 0.326 e. The fraction of sp³-hybridized carbons (Fsp3) is 0.636. The molecule has 0 fully saturated rings. The molecule has 0 aromatic carbocycles. The Hall–Kier alpha value is -1.56. The van der Waals surface area contributed by atoms with E-state index in [2.05, 4.69) is 6.58 Å². The van der Waals surface area contributed by atoms with E-state index in [4.69, 9.17) is 9.84 Å². The number of carboxylic acids is 1. The normalized spacial score (nSPS) is 11.7. The third kappa shape index (κ3) is 4.86. The zero-order chi connectivity index (χ0) is 13.4. The highest BCUT2D eigenvalue weighted by Gasteiger charge is 2.25. The lowest BCUT2D eigenvalue weighted by molar-refractivity contribution is -0.141. The minimum absolute atomic E-state index is 0.350. The van der Waals surface area contributed by atoms with Crippen LogP contribution in [-0.4, -0.2) is 66.8 Å². The van der Waals surface area contributed by atoms with Crippen LogP contribution in [0, 0.1) is 0 Å². The Labute approximate surface area is 101 Å². The number of nitrogens with zero attached hydrogens (tertiary/aromatic N) is 2. The molecule has 6 heteroatoms. The van der Waals surface area contributed by atoms with Gasteiger partial charge >= 0.3 is 12.0 Å². The molecule has 0 rings (SSSR count). The van der Waals surface area contributed by atoms with E-state index >= 15 is 0 Å². The number of urea groups is 1. The Morgan fingerprint density at radius 2 is 2.12 bits per heavy atom. The van der Waals surface area contributed by atoms with Gasteiger partial charge in [0.25, 0.3) is 0 Å². The van der Waals surface area contributed by atoms with Crippen LogP contribution in [0.2, 0.25) is 0 Å². The molecular weight excluding hydrogens is 224 g/mol. The second kappa shape index (κ2) is 7.67. The number of hydrogen-bond donors (Lipinski definition) is 1. The number of carboxylic acid groups (broad SMARTS) is 1. The van der Waals surface area contributed by atoms with Crippen molar-refractivity contribution in [1.29, 1.82) is 0 Å². The van der Waals surface area contributed by atoms with Crippen LogP contribution in [0.5, 0.6) is 0 Å². The molecule has 0 heterocycles. The van der Waals surface area contributed by atoms with Gasteiger partial charge in [0.2, 0.25) is 0 Å². The fourth-order valence-electron chi connectivity index (χ4n) is 1.18. The first-order valence-electron chi connectivity index (χ1n) is 5.30. The highest BCUT2D eigenvalue weighted by atomic mass is 16.5. The second-order valence-corrected chi connectivity index (χ2v) is 3.64. The van der Waals surface area contributed by atoms with E-state index in [0.29, 0.717) is 19.7 Å². The number of carbonyl (C=O) groups excluding carboxylic acids is 1. The van der Waals surface area contributed by atoms with Crippen LogP contribution in [0.25, 0.3) is 0 Å². The van der Waals surface area contributed by atoms with E-state index < -0.39 is 12.0 Å². The van der Waals surface area contributed by atoms with Crippen LogP contribution < -0.4 is 0 Å². The van der Waals surface area contributed by atoms with Crippen LogP contribution >= 0.6 is 0 Å². The van der Waals surface area contributed by atoms with Gasteiger partial charge in [-0.15, -0.1) is 6.58 Å². The van der Waals surface area contributed by atoms with Gasteiger partial charge in [0.15, 0.2) is 0 Å². The van der Waals surface area contributed by atoms with Crippen LogP contribution in [0.4, 0.5) is 4.79 Å². The van der Waals surface area contributed by atoms with E-state index in [1.54, 1.807) is 13.2 Å². The molecule has 17 heavy (non-hydrogen) atoms. The highest BCUT2D eigenvalue weighted by Crippen LogP contribution is 2.03. The Morgan fingerprint density at radius 3 is 2.53 bits per heavy atom. The summed E-state index contributed by atoms with van der Waals surface area (Å²) in [6.07, 6.45) is 1.59. The summed E-state index contributed by atoms with van der Waals surface area (Å²) in [7, 11) is 3.00. The number of methoxy groups -OCH3 is 1. The van der Waals surface area contributed by atoms with Crippen LogP contribution in [0.15, 0.2) is 12.7 Å². The Balaban J connectivity index is 4.58. The smallest absolute Gasteiger partial charge is 0.326 e. The van der Waals surface area contributed by atoms with E-state index in [0.717, 1.165) is 0 Å². The monoisotopic (exact) mass is 244 g/mol. The minimum atomic E-state index is -1.04. The van der Waals surface area contributed by atoms with E-state index in [9.17, 15) is 9.59 Å². The summed E-state index contributed by atoms with van der Waals surface area (Å²) in [5, 5.41) is 8.83. The summed E-state index contributed by atoms with van der Waals surface area (Å²) in [6.45, 7) is 6.18. The summed E-state index contributed by atoms with van der Waals surface area (Å²) in [5.41, 5.74) is 0. The van der Waals surface area contributed by atoms with Crippen molar-refractivity contribution in [3.63, 3.8) is 0 Å². The maximum atomic E-state index is 12.0. The highest BCUT2D eigenvalue weighted by molar-refractivity contribution is 5.82. The van der Waals surface area contributed by atoms with Crippen molar-refractivity contribution < 1.29 is 19.4 Å².